The lowest BCUT2D eigenvalue weighted by Gasteiger charge is -2.15. The van der Waals surface area contributed by atoms with E-state index in [1.54, 1.807) is 42.2 Å². The highest BCUT2D eigenvalue weighted by Gasteiger charge is 2.22. The fourth-order valence-electron chi connectivity index (χ4n) is 2.18. The van der Waals surface area contributed by atoms with Crippen LogP contribution in [-0.4, -0.2) is 33.9 Å². The Labute approximate surface area is 133 Å². The van der Waals surface area contributed by atoms with Gasteiger partial charge in [0.25, 0.3) is 0 Å². The molecule has 122 valence electrons. The number of aliphatic carboxylic acids is 1. The molecule has 0 bridgehead atoms. The average Bonchev–Trinajstić information content (AvgIpc) is 2.96. The number of nitrogens with zero attached hydrogens (tertiary/aromatic N) is 2. The van der Waals surface area contributed by atoms with E-state index in [1.807, 2.05) is 6.20 Å². The summed E-state index contributed by atoms with van der Waals surface area (Å²) in [5, 5.41) is 15.9. The lowest BCUT2D eigenvalue weighted by atomic mass is 10.1. The van der Waals surface area contributed by atoms with Crippen LogP contribution in [0.25, 0.3) is 0 Å². The van der Waals surface area contributed by atoms with Gasteiger partial charge in [0.05, 0.1) is 13.3 Å². The second-order valence-corrected chi connectivity index (χ2v) is 5.13. The zero-order valence-corrected chi connectivity index (χ0v) is 13.0. The number of aromatic nitrogens is 2. The Bertz CT molecular complexity index is 679. The molecular weight excluding hydrogens is 298 g/mol. The average molecular weight is 317 g/mol. The summed E-state index contributed by atoms with van der Waals surface area (Å²) in [4.78, 5) is 23.4. The van der Waals surface area contributed by atoms with Crippen molar-refractivity contribution in [1.82, 2.24) is 15.1 Å². The lowest BCUT2D eigenvalue weighted by molar-refractivity contribution is -0.142. The summed E-state index contributed by atoms with van der Waals surface area (Å²) < 4.78 is 6.69. The zero-order valence-electron chi connectivity index (χ0n) is 13.0. The first-order chi connectivity index (χ1) is 11.0. The fraction of sp³-hybridized carbons (Fsp3) is 0.312. The fourth-order valence-corrected chi connectivity index (χ4v) is 2.18. The maximum atomic E-state index is 12.0. The van der Waals surface area contributed by atoms with Gasteiger partial charge in [0.15, 0.2) is 6.04 Å². The molecule has 1 unspecified atom stereocenters. The van der Waals surface area contributed by atoms with Gasteiger partial charge in [0.2, 0.25) is 5.91 Å². The van der Waals surface area contributed by atoms with Gasteiger partial charge >= 0.3 is 5.97 Å². The van der Waals surface area contributed by atoms with Gasteiger partial charge in [0.1, 0.15) is 5.75 Å². The van der Waals surface area contributed by atoms with E-state index in [-0.39, 0.29) is 12.3 Å². The predicted molar refractivity (Wildman–Crippen MR) is 83.0 cm³/mol. The molecule has 1 aromatic carbocycles. The zero-order chi connectivity index (χ0) is 16.8. The van der Waals surface area contributed by atoms with Gasteiger partial charge in [-0.25, -0.2) is 4.79 Å². The third kappa shape index (κ3) is 4.57. The minimum atomic E-state index is -1.11. The quantitative estimate of drug-likeness (QED) is 0.803. The Morgan fingerprint density at radius 1 is 1.35 bits per heavy atom. The highest BCUT2D eigenvalue weighted by molar-refractivity contribution is 5.84. The van der Waals surface area contributed by atoms with E-state index in [0.717, 1.165) is 5.56 Å². The molecule has 0 fully saturated rings. The highest BCUT2D eigenvalue weighted by Crippen LogP contribution is 2.18. The van der Waals surface area contributed by atoms with Crippen molar-refractivity contribution >= 4 is 11.9 Å². The van der Waals surface area contributed by atoms with Gasteiger partial charge < -0.3 is 15.2 Å². The molecule has 23 heavy (non-hydrogen) atoms. The van der Waals surface area contributed by atoms with E-state index < -0.39 is 12.0 Å². The predicted octanol–water partition coefficient (Wildman–Crippen LogP) is 1.30. The molecule has 1 amide bonds. The first-order valence-electron chi connectivity index (χ1n) is 7.13. The van der Waals surface area contributed by atoms with E-state index in [0.29, 0.717) is 17.7 Å². The third-order valence-corrected chi connectivity index (χ3v) is 3.40. The summed E-state index contributed by atoms with van der Waals surface area (Å²) >= 11 is 0. The Balaban J connectivity index is 1.97. The van der Waals surface area contributed by atoms with Crippen molar-refractivity contribution in [2.75, 3.05) is 7.11 Å². The summed E-state index contributed by atoms with van der Waals surface area (Å²) in [6, 6.07) is 5.49. The molecule has 0 radical (unpaired) electrons. The number of amides is 1. The highest BCUT2D eigenvalue weighted by atomic mass is 16.5. The van der Waals surface area contributed by atoms with Crippen molar-refractivity contribution in [3.8, 4) is 5.75 Å². The normalized spacial score (nSPS) is 11.7. The molecule has 1 aromatic heterocycles. The summed E-state index contributed by atoms with van der Waals surface area (Å²) in [6.45, 7) is 0. The van der Waals surface area contributed by atoms with Crippen LogP contribution >= 0.6 is 0 Å². The monoisotopic (exact) mass is 317 g/mol. The van der Waals surface area contributed by atoms with Crippen molar-refractivity contribution < 1.29 is 19.4 Å². The van der Waals surface area contributed by atoms with Crippen molar-refractivity contribution in [2.45, 2.75) is 18.9 Å². The van der Waals surface area contributed by atoms with Gasteiger partial charge in [-0.05, 0) is 29.7 Å². The minimum Gasteiger partial charge on any atom is -0.497 e. The molecule has 1 heterocycles. The number of carboxylic acid groups (broad SMARTS) is 1. The van der Waals surface area contributed by atoms with E-state index in [1.165, 1.54) is 7.11 Å². The molecular formula is C16H19N3O4. The van der Waals surface area contributed by atoms with Crippen LogP contribution in [0.5, 0.6) is 5.75 Å². The number of carbonyl (C=O) groups excluding carboxylic acids is 1. The van der Waals surface area contributed by atoms with Crippen LogP contribution in [0.3, 0.4) is 0 Å². The molecule has 0 aliphatic rings. The molecule has 0 aliphatic carbocycles. The number of rotatable bonds is 7. The number of benzene rings is 1. The van der Waals surface area contributed by atoms with Crippen LogP contribution in [0, 0.1) is 0 Å². The molecule has 7 heteroatoms. The van der Waals surface area contributed by atoms with Crippen molar-refractivity contribution in [3.05, 3.63) is 47.8 Å². The topological polar surface area (TPSA) is 93.5 Å². The standard InChI is InChI=1S/C16H19N3O4/c1-19-10-11(9-17-19)3-8-14(20)18-15(16(21)22)12-4-6-13(23-2)7-5-12/h4-7,9-10,15H,3,8H2,1-2H3,(H,18,20)(H,21,22). The van der Waals surface area contributed by atoms with Crippen molar-refractivity contribution in [3.63, 3.8) is 0 Å². The number of ether oxygens (including phenoxy) is 1. The molecule has 0 saturated heterocycles. The van der Waals surface area contributed by atoms with Gasteiger partial charge in [-0.3, -0.25) is 9.48 Å². The smallest absolute Gasteiger partial charge is 0.330 e. The largest absolute Gasteiger partial charge is 0.497 e. The number of hydrogen-bond donors (Lipinski definition) is 2. The summed E-state index contributed by atoms with van der Waals surface area (Å²) in [5.41, 5.74) is 1.42. The number of methoxy groups -OCH3 is 1. The molecule has 1 atom stereocenters. The third-order valence-electron chi connectivity index (χ3n) is 3.40. The van der Waals surface area contributed by atoms with E-state index in [2.05, 4.69) is 10.4 Å². The maximum Gasteiger partial charge on any atom is 0.330 e. The molecule has 0 spiro atoms. The van der Waals surface area contributed by atoms with E-state index >= 15 is 0 Å². The van der Waals surface area contributed by atoms with Crippen molar-refractivity contribution in [2.24, 2.45) is 7.05 Å². The Morgan fingerprint density at radius 2 is 2.04 bits per heavy atom. The van der Waals surface area contributed by atoms with Gasteiger partial charge in [0, 0.05) is 19.7 Å². The molecule has 2 N–H and O–H groups in total. The second-order valence-electron chi connectivity index (χ2n) is 5.13. The molecule has 0 saturated carbocycles. The number of carbonyl (C=O) groups is 2. The number of aryl methyl sites for hydroxylation is 2. The second kappa shape index (κ2) is 7.44. The van der Waals surface area contributed by atoms with Gasteiger partial charge in [-0.15, -0.1) is 0 Å². The summed E-state index contributed by atoms with van der Waals surface area (Å²) in [6.07, 6.45) is 4.22. The molecule has 2 aromatic rings. The summed E-state index contributed by atoms with van der Waals surface area (Å²) in [5.74, 6) is -0.803. The first-order valence-corrected chi connectivity index (χ1v) is 7.13. The lowest BCUT2D eigenvalue weighted by Crippen LogP contribution is -2.33. The molecule has 0 aliphatic heterocycles. The van der Waals surface area contributed by atoms with Crippen LogP contribution in [0.4, 0.5) is 0 Å². The van der Waals surface area contributed by atoms with Crippen LogP contribution < -0.4 is 10.1 Å². The first kappa shape index (κ1) is 16.5. The number of carboxylic acids is 1. The van der Waals surface area contributed by atoms with Crippen LogP contribution in [0.2, 0.25) is 0 Å². The van der Waals surface area contributed by atoms with Gasteiger partial charge in [-0.2, -0.15) is 5.10 Å². The van der Waals surface area contributed by atoms with Crippen molar-refractivity contribution in [1.29, 1.82) is 0 Å². The molecule has 7 nitrogen and oxygen atoms in total. The SMILES string of the molecule is COc1ccc(C(NC(=O)CCc2cnn(C)c2)C(=O)O)cc1. The minimum absolute atomic E-state index is 0.200. The number of hydrogen-bond acceptors (Lipinski definition) is 4. The van der Waals surface area contributed by atoms with E-state index in [9.17, 15) is 14.7 Å². The van der Waals surface area contributed by atoms with Gasteiger partial charge in [-0.1, -0.05) is 12.1 Å². The Hall–Kier alpha value is -2.83. The van der Waals surface area contributed by atoms with Crippen LogP contribution in [0.1, 0.15) is 23.6 Å². The number of nitrogens with one attached hydrogen (secondary N) is 1. The van der Waals surface area contributed by atoms with Crippen LogP contribution in [0.15, 0.2) is 36.7 Å². The summed E-state index contributed by atoms with van der Waals surface area (Å²) in [7, 11) is 3.33. The maximum absolute atomic E-state index is 12.0. The van der Waals surface area contributed by atoms with Crippen LogP contribution in [-0.2, 0) is 23.1 Å². The Morgan fingerprint density at radius 3 is 2.57 bits per heavy atom. The Kier molecular flexibility index (Phi) is 5.35. The molecule has 2 rings (SSSR count). The van der Waals surface area contributed by atoms with E-state index in [4.69, 9.17) is 4.74 Å².